The standard InChI is InChI=1S/C6H8BF3N3.K/c8-7(9,10)6-4-11-13(12-6)5-2-1-3-5;/h4-5H,1-3H2;/q-1;+1. The summed E-state index contributed by atoms with van der Waals surface area (Å²) in [5.74, 6) is 0. The van der Waals surface area contributed by atoms with E-state index in [9.17, 15) is 12.9 Å². The molecule has 1 saturated carbocycles. The first-order valence-electron chi connectivity index (χ1n) is 4.19. The number of halogens is 3. The maximum atomic E-state index is 12.1. The van der Waals surface area contributed by atoms with Gasteiger partial charge in [-0.25, -0.2) is 0 Å². The number of nitrogens with zero attached hydrogens (tertiary/aromatic N) is 3. The van der Waals surface area contributed by atoms with Crippen LogP contribution in [0.3, 0.4) is 0 Å². The average molecular weight is 229 g/mol. The summed E-state index contributed by atoms with van der Waals surface area (Å²) in [5.41, 5.74) is -0.841. The Labute approximate surface area is 122 Å². The van der Waals surface area contributed by atoms with E-state index in [0.29, 0.717) is 0 Å². The maximum absolute atomic E-state index is 12.1. The molecule has 8 heteroatoms. The number of aromatic nitrogens is 3. The monoisotopic (exact) mass is 229 g/mol. The van der Waals surface area contributed by atoms with Gasteiger partial charge in [0.15, 0.2) is 0 Å². The predicted octanol–water partition coefficient (Wildman–Crippen LogP) is -1.94. The molecule has 1 heterocycles. The second kappa shape index (κ2) is 4.65. The first-order valence-corrected chi connectivity index (χ1v) is 4.19. The molecule has 1 fully saturated rings. The molecule has 0 aliphatic heterocycles. The van der Waals surface area contributed by atoms with E-state index in [1.165, 1.54) is 4.80 Å². The van der Waals surface area contributed by atoms with Gasteiger partial charge >= 0.3 is 58.4 Å². The molecule has 1 aromatic rings. The largest absolute Gasteiger partial charge is 1.00 e. The molecule has 0 radical (unpaired) electrons. The fourth-order valence-electron chi connectivity index (χ4n) is 1.23. The Bertz CT molecular complexity index is 310. The van der Waals surface area contributed by atoms with Gasteiger partial charge in [-0.15, -0.1) is 0 Å². The second-order valence-electron chi connectivity index (χ2n) is 3.25. The molecule has 0 unspecified atom stereocenters. The van der Waals surface area contributed by atoms with Gasteiger partial charge in [0.2, 0.25) is 0 Å². The third kappa shape index (κ3) is 2.60. The summed E-state index contributed by atoms with van der Waals surface area (Å²) in [4.78, 5) is 1.19. The Balaban J connectivity index is 0.000000980. The zero-order valence-corrected chi connectivity index (χ0v) is 11.0. The summed E-state index contributed by atoms with van der Waals surface area (Å²) in [6.07, 6.45) is 3.63. The average Bonchev–Trinajstić information content (AvgIpc) is 2.29. The molecule has 2 rings (SSSR count). The van der Waals surface area contributed by atoms with Crippen molar-refractivity contribution in [1.29, 1.82) is 0 Å². The molecule has 0 atom stereocenters. The van der Waals surface area contributed by atoms with Gasteiger partial charge in [-0.3, -0.25) is 0 Å². The van der Waals surface area contributed by atoms with Crippen LogP contribution in [0.15, 0.2) is 6.20 Å². The minimum atomic E-state index is -4.99. The van der Waals surface area contributed by atoms with Crippen molar-refractivity contribution in [3.63, 3.8) is 0 Å². The predicted molar refractivity (Wildman–Crippen MR) is 41.6 cm³/mol. The SMILES string of the molecule is F[B-](F)(F)c1cnn(C2CCC2)n1.[K+]. The fraction of sp³-hybridized carbons (Fsp3) is 0.667. The molecule has 14 heavy (non-hydrogen) atoms. The summed E-state index contributed by atoms with van der Waals surface area (Å²) in [7, 11) is 0. The van der Waals surface area contributed by atoms with Gasteiger partial charge in [0, 0.05) is 11.8 Å². The first-order chi connectivity index (χ1) is 6.07. The van der Waals surface area contributed by atoms with E-state index in [-0.39, 0.29) is 57.4 Å². The van der Waals surface area contributed by atoms with Gasteiger partial charge in [0.05, 0.1) is 6.04 Å². The first kappa shape index (κ1) is 12.7. The van der Waals surface area contributed by atoms with E-state index in [2.05, 4.69) is 10.2 Å². The van der Waals surface area contributed by atoms with Crippen LogP contribution in [0.5, 0.6) is 0 Å². The summed E-state index contributed by atoms with van der Waals surface area (Å²) in [6.45, 7) is -4.99. The van der Waals surface area contributed by atoms with E-state index in [1.807, 2.05) is 0 Å². The van der Waals surface area contributed by atoms with Crippen molar-refractivity contribution in [2.24, 2.45) is 0 Å². The van der Waals surface area contributed by atoms with E-state index in [0.717, 1.165) is 25.5 Å². The Morgan fingerprint density at radius 3 is 2.36 bits per heavy atom. The molecule has 1 aliphatic rings. The van der Waals surface area contributed by atoms with Crippen LogP contribution in [0.4, 0.5) is 12.9 Å². The van der Waals surface area contributed by atoms with Crippen molar-refractivity contribution in [2.45, 2.75) is 25.3 Å². The molecule has 0 amide bonds. The van der Waals surface area contributed by atoms with Crippen LogP contribution in [0, 0.1) is 0 Å². The molecule has 0 N–H and O–H groups in total. The Hall–Kier alpha value is 0.631. The third-order valence-electron chi connectivity index (χ3n) is 2.26. The van der Waals surface area contributed by atoms with Crippen LogP contribution < -0.4 is 57.0 Å². The van der Waals surface area contributed by atoms with Gasteiger partial charge in [-0.1, -0.05) is 0 Å². The zero-order chi connectivity index (χ0) is 9.47. The van der Waals surface area contributed by atoms with Crippen molar-refractivity contribution >= 4 is 12.6 Å². The van der Waals surface area contributed by atoms with Crippen LogP contribution in [-0.4, -0.2) is 22.0 Å². The molecule has 0 saturated heterocycles. The van der Waals surface area contributed by atoms with Gasteiger partial charge < -0.3 is 12.9 Å². The topological polar surface area (TPSA) is 30.7 Å². The Morgan fingerprint density at radius 2 is 2.00 bits per heavy atom. The van der Waals surface area contributed by atoms with Crippen molar-refractivity contribution in [3.8, 4) is 0 Å². The van der Waals surface area contributed by atoms with E-state index >= 15 is 0 Å². The molecule has 1 aliphatic carbocycles. The number of rotatable bonds is 2. The van der Waals surface area contributed by atoms with Gasteiger partial charge in [0.1, 0.15) is 0 Å². The van der Waals surface area contributed by atoms with Crippen LogP contribution in [0.2, 0.25) is 0 Å². The van der Waals surface area contributed by atoms with Crippen LogP contribution >= 0.6 is 0 Å². The molecule has 3 nitrogen and oxygen atoms in total. The third-order valence-corrected chi connectivity index (χ3v) is 2.26. The fourth-order valence-corrected chi connectivity index (χ4v) is 1.23. The normalized spacial score (nSPS) is 17.4. The molecular formula is C6H8BF3KN3. The smallest absolute Gasteiger partial charge is 0.444 e. The quantitative estimate of drug-likeness (QED) is 0.552. The molecule has 0 spiro atoms. The minimum absolute atomic E-state index is 0. The van der Waals surface area contributed by atoms with Gasteiger partial charge in [0.25, 0.3) is 0 Å². The summed E-state index contributed by atoms with van der Waals surface area (Å²) < 4.78 is 36.4. The Morgan fingerprint density at radius 1 is 1.36 bits per heavy atom. The number of hydrogen-bond acceptors (Lipinski definition) is 2. The summed E-state index contributed by atoms with van der Waals surface area (Å²) >= 11 is 0. The van der Waals surface area contributed by atoms with Crippen molar-refractivity contribution < 1.29 is 64.3 Å². The summed E-state index contributed by atoms with van der Waals surface area (Å²) in [6, 6.07) is 0.0897. The van der Waals surface area contributed by atoms with Crippen LogP contribution in [-0.2, 0) is 0 Å². The molecule has 0 bridgehead atoms. The molecule has 1 aromatic heterocycles. The zero-order valence-electron chi connectivity index (χ0n) is 7.83. The van der Waals surface area contributed by atoms with Crippen molar-refractivity contribution in [1.82, 2.24) is 15.0 Å². The summed E-state index contributed by atoms with van der Waals surface area (Å²) in [5, 5.41) is 7.02. The van der Waals surface area contributed by atoms with E-state index < -0.39 is 12.6 Å². The van der Waals surface area contributed by atoms with E-state index in [1.54, 1.807) is 0 Å². The Kier molecular flexibility index (Phi) is 4.22. The van der Waals surface area contributed by atoms with E-state index in [4.69, 9.17) is 0 Å². The van der Waals surface area contributed by atoms with Gasteiger partial charge in [-0.2, -0.15) is 15.0 Å². The van der Waals surface area contributed by atoms with Crippen molar-refractivity contribution in [3.05, 3.63) is 6.20 Å². The molecule has 72 valence electrons. The van der Waals surface area contributed by atoms with Crippen molar-refractivity contribution in [2.75, 3.05) is 0 Å². The van der Waals surface area contributed by atoms with Crippen LogP contribution in [0.25, 0.3) is 0 Å². The molecule has 0 aromatic carbocycles. The second-order valence-corrected chi connectivity index (χ2v) is 3.25. The molecular weight excluding hydrogens is 221 g/mol. The minimum Gasteiger partial charge on any atom is -0.444 e. The maximum Gasteiger partial charge on any atom is 1.00 e. The van der Waals surface area contributed by atoms with Gasteiger partial charge in [-0.05, 0) is 19.3 Å². The van der Waals surface area contributed by atoms with Crippen LogP contribution in [0.1, 0.15) is 25.3 Å². The number of hydrogen-bond donors (Lipinski definition) is 0.